The van der Waals surface area contributed by atoms with Gasteiger partial charge in [0.2, 0.25) is 17.5 Å². The predicted octanol–water partition coefficient (Wildman–Crippen LogP) is 1.76. The molecule has 0 spiro atoms. The molecule has 94 valence electrons. The van der Waals surface area contributed by atoms with Crippen molar-refractivity contribution in [2.45, 2.75) is 26.2 Å². The average molecular weight is 245 g/mol. The van der Waals surface area contributed by atoms with E-state index in [0.29, 0.717) is 18.4 Å². The standard InChI is InChI=1S/C14H15NO3/c1-3-4-12(16)14(18)9-5-6-11-10(7-9)8-13(17)15(11)2/h5-7H,3-4,8H2,1-2H3. The molecule has 1 heterocycles. The van der Waals surface area contributed by atoms with Gasteiger partial charge in [-0.25, -0.2) is 0 Å². The van der Waals surface area contributed by atoms with Gasteiger partial charge in [0.15, 0.2) is 0 Å². The Hall–Kier alpha value is -1.97. The number of hydrogen-bond donors (Lipinski definition) is 0. The number of rotatable bonds is 4. The molecule has 0 aromatic heterocycles. The molecule has 1 aliphatic heterocycles. The Morgan fingerprint density at radius 1 is 1.33 bits per heavy atom. The topological polar surface area (TPSA) is 54.5 Å². The van der Waals surface area contributed by atoms with Crippen LogP contribution in [0.1, 0.15) is 35.7 Å². The smallest absolute Gasteiger partial charge is 0.231 e. The Labute approximate surface area is 106 Å². The van der Waals surface area contributed by atoms with E-state index in [0.717, 1.165) is 11.3 Å². The van der Waals surface area contributed by atoms with Gasteiger partial charge < -0.3 is 4.90 Å². The van der Waals surface area contributed by atoms with Crippen molar-refractivity contribution in [2.75, 3.05) is 11.9 Å². The first-order valence-corrected chi connectivity index (χ1v) is 6.01. The van der Waals surface area contributed by atoms with Crippen molar-refractivity contribution in [1.82, 2.24) is 0 Å². The highest BCUT2D eigenvalue weighted by Gasteiger charge is 2.25. The van der Waals surface area contributed by atoms with E-state index in [9.17, 15) is 14.4 Å². The highest BCUT2D eigenvalue weighted by atomic mass is 16.2. The predicted molar refractivity (Wildman–Crippen MR) is 67.8 cm³/mol. The van der Waals surface area contributed by atoms with Crippen LogP contribution in [0.5, 0.6) is 0 Å². The van der Waals surface area contributed by atoms with Crippen molar-refractivity contribution in [3.63, 3.8) is 0 Å². The number of Topliss-reactive ketones (excluding diaryl/α,β-unsaturated/α-hetero) is 2. The van der Waals surface area contributed by atoms with E-state index in [-0.39, 0.29) is 18.1 Å². The molecular formula is C14H15NO3. The molecule has 0 saturated carbocycles. The molecule has 0 N–H and O–H groups in total. The lowest BCUT2D eigenvalue weighted by Gasteiger charge is -2.10. The number of carbonyl (C=O) groups is 3. The summed E-state index contributed by atoms with van der Waals surface area (Å²) >= 11 is 0. The quantitative estimate of drug-likeness (QED) is 0.600. The number of ketones is 2. The fraction of sp³-hybridized carbons (Fsp3) is 0.357. The summed E-state index contributed by atoms with van der Waals surface area (Å²) in [6.07, 6.45) is 1.24. The summed E-state index contributed by atoms with van der Waals surface area (Å²) in [5, 5.41) is 0. The van der Waals surface area contributed by atoms with E-state index in [4.69, 9.17) is 0 Å². The van der Waals surface area contributed by atoms with Gasteiger partial charge in [0.25, 0.3) is 0 Å². The van der Waals surface area contributed by atoms with Crippen LogP contribution in [-0.4, -0.2) is 24.5 Å². The van der Waals surface area contributed by atoms with Crippen LogP contribution in [0.4, 0.5) is 5.69 Å². The van der Waals surface area contributed by atoms with E-state index in [1.54, 1.807) is 30.1 Å². The van der Waals surface area contributed by atoms with Crippen molar-refractivity contribution in [3.8, 4) is 0 Å². The molecule has 4 nitrogen and oxygen atoms in total. The van der Waals surface area contributed by atoms with Gasteiger partial charge in [-0.2, -0.15) is 0 Å². The summed E-state index contributed by atoms with van der Waals surface area (Å²) in [5.41, 5.74) is 2.02. The molecule has 2 rings (SSSR count). The average Bonchev–Trinajstić information content (AvgIpc) is 2.64. The van der Waals surface area contributed by atoms with Crippen LogP contribution in [0.15, 0.2) is 18.2 Å². The minimum absolute atomic E-state index is 0.00878. The number of amides is 1. The highest BCUT2D eigenvalue weighted by Crippen LogP contribution is 2.28. The van der Waals surface area contributed by atoms with Crippen LogP contribution in [0, 0.1) is 0 Å². The van der Waals surface area contributed by atoms with E-state index in [2.05, 4.69) is 0 Å². The maximum Gasteiger partial charge on any atom is 0.231 e. The minimum atomic E-state index is -0.457. The zero-order valence-corrected chi connectivity index (χ0v) is 10.5. The fourth-order valence-corrected chi connectivity index (χ4v) is 2.11. The molecule has 1 aromatic carbocycles. The van der Waals surface area contributed by atoms with Gasteiger partial charge in [-0.1, -0.05) is 6.92 Å². The Morgan fingerprint density at radius 2 is 2.06 bits per heavy atom. The summed E-state index contributed by atoms with van der Waals surface area (Å²) in [7, 11) is 1.71. The maximum absolute atomic E-state index is 11.8. The summed E-state index contributed by atoms with van der Waals surface area (Å²) < 4.78 is 0. The Kier molecular flexibility index (Phi) is 3.28. The van der Waals surface area contributed by atoms with E-state index >= 15 is 0 Å². The number of fused-ring (bicyclic) bond motifs is 1. The Bertz CT molecular complexity index is 534. The third-order valence-corrected chi connectivity index (χ3v) is 3.15. The lowest BCUT2D eigenvalue weighted by molar-refractivity contribution is -0.117. The second-order valence-corrected chi connectivity index (χ2v) is 4.48. The molecule has 0 saturated heterocycles. The zero-order valence-electron chi connectivity index (χ0n) is 10.5. The van der Waals surface area contributed by atoms with Crippen molar-refractivity contribution < 1.29 is 14.4 Å². The van der Waals surface area contributed by atoms with E-state index < -0.39 is 5.78 Å². The van der Waals surface area contributed by atoms with Crippen LogP contribution >= 0.6 is 0 Å². The van der Waals surface area contributed by atoms with Crippen molar-refractivity contribution >= 4 is 23.2 Å². The summed E-state index contributed by atoms with van der Waals surface area (Å²) in [5.74, 6) is -0.814. The molecule has 0 radical (unpaired) electrons. The molecule has 0 bridgehead atoms. The van der Waals surface area contributed by atoms with Gasteiger partial charge in [-0.15, -0.1) is 0 Å². The first kappa shape index (κ1) is 12.5. The molecule has 0 fully saturated rings. The molecule has 1 aliphatic rings. The zero-order chi connectivity index (χ0) is 13.3. The SMILES string of the molecule is CCCC(=O)C(=O)c1ccc2c(c1)CC(=O)N2C. The second kappa shape index (κ2) is 4.72. The van der Waals surface area contributed by atoms with Crippen molar-refractivity contribution in [2.24, 2.45) is 0 Å². The monoisotopic (exact) mass is 245 g/mol. The van der Waals surface area contributed by atoms with E-state index in [1.807, 2.05) is 6.92 Å². The Morgan fingerprint density at radius 3 is 2.72 bits per heavy atom. The molecule has 0 aliphatic carbocycles. The highest BCUT2D eigenvalue weighted by molar-refractivity contribution is 6.43. The van der Waals surface area contributed by atoms with Crippen LogP contribution in [0.3, 0.4) is 0 Å². The molecular weight excluding hydrogens is 230 g/mol. The summed E-state index contributed by atoms with van der Waals surface area (Å²) in [4.78, 5) is 36.5. The van der Waals surface area contributed by atoms with E-state index in [1.165, 1.54) is 0 Å². The van der Waals surface area contributed by atoms with Gasteiger partial charge >= 0.3 is 0 Å². The van der Waals surface area contributed by atoms with Crippen molar-refractivity contribution in [3.05, 3.63) is 29.3 Å². The fourth-order valence-electron chi connectivity index (χ4n) is 2.11. The molecule has 4 heteroatoms. The number of carbonyl (C=O) groups excluding carboxylic acids is 3. The maximum atomic E-state index is 11.8. The number of likely N-dealkylation sites (N-methyl/N-ethyl adjacent to an activating group) is 1. The molecule has 0 atom stereocenters. The lowest BCUT2D eigenvalue weighted by Crippen LogP contribution is -2.20. The van der Waals surface area contributed by atoms with Gasteiger partial charge in [-0.05, 0) is 30.2 Å². The number of anilines is 1. The van der Waals surface area contributed by atoms with Crippen LogP contribution in [0.25, 0.3) is 0 Å². The minimum Gasteiger partial charge on any atom is -0.315 e. The largest absolute Gasteiger partial charge is 0.315 e. The van der Waals surface area contributed by atoms with Crippen LogP contribution in [-0.2, 0) is 16.0 Å². The first-order valence-electron chi connectivity index (χ1n) is 6.01. The summed E-state index contributed by atoms with van der Waals surface area (Å²) in [6, 6.07) is 5.00. The van der Waals surface area contributed by atoms with Crippen LogP contribution < -0.4 is 4.90 Å². The normalized spacial score (nSPS) is 13.7. The van der Waals surface area contributed by atoms with Gasteiger partial charge in [0.05, 0.1) is 6.42 Å². The van der Waals surface area contributed by atoms with Gasteiger partial charge in [0.1, 0.15) is 0 Å². The Balaban J connectivity index is 2.28. The van der Waals surface area contributed by atoms with Gasteiger partial charge in [-0.3, -0.25) is 14.4 Å². The molecule has 1 amide bonds. The van der Waals surface area contributed by atoms with Gasteiger partial charge in [0, 0.05) is 24.7 Å². The summed E-state index contributed by atoms with van der Waals surface area (Å²) in [6.45, 7) is 1.86. The molecule has 18 heavy (non-hydrogen) atoms. The van der Waals surface area contributed by atoms with Crippen LogP contribution in [0.2, 0.25) is 0 Å². The third kappa shape index (κ3) is 2.06. The number of benzene rings is 1. The first-order chi connectivity index (χ1) is 8.54. The number of hydrogen-bond acceptors (Lipinski definition) is 3. The molecule has 1 aromatic rings. The van der Waals surface area contributed by atoms with Crippen molar-refractivity contribution in [1.29, 1.82) is 0 Å². The number of nitrogens with zero attached hydrogens (tertiary/aromatic N) is 1. The molecule has 0 unspecified atom stereocenters. The second-order valence-electron chi connectivity index (χ2n) is 4.48. The third-order valence-electron chi connectivity index (χ3n) is 3.15. The lowest BCUT2D eigenvalue weighted by atomic mass is 10.0.